The van der Waals surface area contributed by atoms with Gasteiger partial charge in [-0.3, -0.25) is 13.9 Å². The van der Waals surface area contributed by atoms with E-state index in [2.05, 4.69) is 21.2 Å². The van der Waals surface area contributed by atoms with Gasteiger partial charge < -0.3 is 10.2 Å². The number of carbonyl (C=O) groups excluding carboxylic acids is 2. The van der Waals surface area contributed by atoms with E-state index in [4.69, 9.17) is 0 Å². The number of hydrogen-bond acceptors (Lipinski definition) is 4. The highest BCUT2D eigenvalue weighted by Gasteiger charge is 2.31. The van der Waals surface area contributed by atoms with Gasteiger partial charge in [0.25, 0.3) is 0 Å². The van der Waals surface area contributed by atoms with E-state index in [-0.39, 0.29) is 12.5 Å². The molecule has 0 radical (unpaired) electrons. The van der Waals surface area contributed by atoms with Crippen molar-refractivity contribution in [2.24, 2.45) is 0 Å². The van der Waals surface area contributed by atoms with Gasteiger partial charge in [0, 0.05) is 17.6 Å². The lowest BCUT2D eigenvalue weighted by Gasteiger charge is -2.33. The van der Waals surface area contributed by atoms with Crippen LogP contribution in [0.5, 0.6) is 0 Å². The van der Waals surface area contributed by atoms with Gasteiger partial charge in [-0.1, -0.05) is 72.1 Å². The third-order valence-corrected chi connectivity index (χ3v) is 7.10. The van der Waals surface area contributed by atoms with Crippen molar-refractivity contribution < 1.29 is 18.0 Å². The number of carbonyl (C=O) groups is 2. The van der Waals surface area contributed by atoms with Gasteiger partial charge in [-0.15, -0.1) is 0 Å². The van der Waals surface area contributed by atoms with Crippen LogP contribution >= 0.6 is 15.9 Å². The molecule has 0 spiro atoms. The molecule has 0 saturated carbocycles. The predicted octanol–water partition coefficient (Wildman–Crippen LogP) is 4.25. The smallest absolute Gasteiger partial charge is 0.244 e. The zero-order chi connectivity index (χ0) is 25.3. The SMILES string of the molecule is CCCCNC(=O)[C@H](CC)N(Cc1ccc(C)cc1)C(=O)CN(c1cccc(Br)c1)S(C)(=O)=O. The molecule has 0 fully saturated rings. The molecular formula is C25H34BrN3O4S. The molecule has 0 saturated heterocycles. The van der Waals surface area contributed by atoms with Crippen LogP contribution in [0.15, 0.2) is 53.0 Å². The van der Waals surface area contributed by atoms with Crippen LogP contribution in [0.1, 0.15) is 44.2 Å². The Hall–Kier alpha value is -2.39. The normalized spacial score (nSPS) is 12.1. The Morgan fingerprint density at radius 1 is 1.09 bits per heavy atom. The van der Waals surface area contributed by atoms with Crippen molar-refractivity contribution in [1.82, 2.24) is 10.2 Å². The van der Waals surface area contributed by atoms with Gasteiger partial charge >= 0.3 is 0 Å². The Labute approximate surface area is 211 Å². The van der Waals surface area contributed by atoms with Crippen molar-refractivity contribution >= 4 is 43.5 Å². The summed E-state index contributed by atoms with van der Waals surface area (Å²) >= 11 is 3.36. The Morgan fingerprint density at radius 3 is 2.32 bits per heavy atom. The molecule has 0 aromatic heterocycles. The number of aryl methyl sites for hydroxylation is 1. The second kappa shape index (κ2) is 12.9. The lowest BCUT2D eigenvalue weighted by molar-refractivity contribution is -0.140. The average Bonchev–Trinajstić information content (AvgIpc) is 2.78. The van der Waals surface area contributed by atoms with E-state index in [0.717, 1.165) is 34.5 Å². The molecule has 1 atom stereocenters. The van der Waals surface area contributed by atoms with Crippen LogP contribution in [0.3, 0.4) is 0 Å². The third-order valence-electron chi connectivity index (χ3n) is 5.46. The number of unbranched alkanes of at least 4 members (excludes halogenated alkanes) is 1. The van der Waals surface area contributed by atoms with Crippen molar-refractivity contribution in [2.45, 2.75) is 52.6 Å². The van der Waals surface area contributed by atoms with E-state index in [1.54, 1.807) is 24.3 Å². The first-order valence-electron chi connectivity index (χ1n) is 11.4. The van der Waals surface area contributed by atoms with E-state index < -0.39 is 28.5 Å². The van der Waals surface area contributed by atoms with Crippen LogP contribution in [-0.2, 0) is 26.2 Å². The monoisotopic (exact) mass is 551 g/mol. The average molecular weight is 553 g/mol. The van der Waals surface area contributed by atoms with Crippen molar-refractivity contribution in [3.63, 3.8) is 0 Å². The standard InChI is InChI=1S/C25H34BrN3O4S/c1-5-7-15-27-25(31)23(6-2)28(17-20-13-11-19(3)12-14-20)24(30)18-29(34(4,32)33)22-10-8-9-21(26)16-22/h8-14,16,23H,5-7,15,17-18H2,1-4H3,(H,27,31)/t23-/m0/s1. The molecule has 186 valence electrons. The molecule has 2 rings (SSSR count). The summed E-state index contributed by atoms with van der Waals surface area (Å²) in [6.45, 7) is 6.20. The van der Waals surface area contributed by atoms with E-state index in [1.165, 1.54) is 4.90 Å². The summed E-state index contributed by atoms with van der Waals surface area (Å²) in [5, 5.41) is 2.92. The van der Waals surface area contributed by atoms with Crippen LogP contribution in [0, 0.1) is 6.92 Å². The molecule has 34 heavy (non-hydrogen) atoms. The number of hydrogen-bond donors (Lipinski definition) is 1. The minimum atomic E-state index is -3.75. The Morgan fingerprint density at radius 2 is 1.76 bits per heavy atom. The van der Waals surface area contributed by atoms with E-state index in [1.807, 2.05) is 45.0 Å². The van der Waals surface area contributed by atoms with Crippen LogP contribution < -0.4 is 9.62 Å². The highest BCUT2D eigenvalue weighted by Crippen LogP contribution is 2.23. The van der Waals surface area contributed by atoms with Crippen LogP contribution in [-0.4, -0.2) is 50.5 Å². The summed E-state index contributed by atoms with van der Waals surface area (Å²) in [6, 6.07) is 13.8. The van der Waals surface area contributed by atoms with Crippen LogP contribution in [0.25, 0.3) is 0 Å². The number of anilines is 1. The van der Waals surface area contributed by atoms with Crippen LogP contribution in [0.4, 0.5) is 5.69 Å². The summed E-state index contributed by atoms with van der Waals surface area (Å²) in [4.78, 5) is 28.1. The number of nitrogens with zero attached hydrogens (tertiary/aromatic N) is 2. The van der Waals surface area contributed by atoms with Crippen LogP contribution in [0.2, 0.25) is 0 Å². The molecule has 0 unspecified atom stereocenters. The molecular weight excluding hydrogens is 518 g/mol. The molecule has 0 heterocycles. The minimum absolute atomic E-state index is 0.203. The third kappa shape index (κ3) is 8.13. The highest BCUT2D eigenvalue weighted by atomic mass is 79.9. The number of sulfonamides is 1. The fourth-order valence-corrected chi connectivity index (χ4v) is 4.79. The van der Waals surface area contributed by atoms with Gasteiger partial charge in [0.05, 0.1) is 11.9 Å². The summed E-state index contributed by atoms with van der Waals surface area (Å²) in [7, 11) is -3.75. The maximum atomic E-state index is 13.6. The molecule has 0 bridgehead atoms. The second-order valence-electron chi connectivity index (χ2n) is 8.33. The Bertz CT molecular complexity index is 1070. The number of benzene rings is 2. The summed E-state index contributed by atoms with van der Waals surface area (Å²) in [5.74, 6) is -0.673. The fraction of sp³-hybridized carbons (Fsp3) is 0.440. The highest BCUT2D eigenvalue weighted by molar-refractivity contribution is 9.10. The van der Waals surface area contributed by atoms with Crippen molar-refractivity contribution in [3.8, 4) is 0 Å². The first-order chi connectivity index (χ1) is 16.1. The van der Waals surface area contributed by atoms with Gasteiger partial charge in [-0.2, -0.15) is 0 Å². The van der Waals surface area contributed by atoms with E-state index >= 15 is 0 Å². The topological polar surface area (TPSA) is 86.8 Å². The maximum Gasteiger partial charge on any atom is 0.244 e. The maximum absolute atomic E-state index is 13.6. The Balaban J connectivity index is 2.39. The number of amides is 2. The molecule has 2 aromatic rings. The number of halogens is 1. The van der Waals surface area contributed by atoms with Crippen molar-refractivity contribution in [2.75, 3.05) is 23.7 Å². The van der Waals surface area contributed by atoms with Gasteiger partial charge in [0.1, 0.15) is 12.6 Å². The van der Waals surface area contributed by atoms with Gasteiger partial charge in [-0.05, 0) is 43.5 Å². The molecule has 7 nitrogen and oxygen atoms in total. The molecule has 0 aliphatic rings. The first kappa shape index (κ1) is 27.9. The molecule has 0 aliphatic carbocycles. The summed E-state index contributed by atoms with van der Waals surface area (Å²) in [5.41, 5.74) is 2.33. The summed E-state index contributed by atoms with van der Waals surface area (Å²) < 4.78 is 27.0. The second-order valence-corrected chi connectivity index (χ2v) is 11.1. The van der Waals surface area contributed by atoms with E-state index in [0.29, 0.717) is 23.1 Å². The summed E-state index contributed by atoms with van der Waals surface area (Å²) in [6.07, 6.45) is 3.27. The fourth-order valence-electron chi connectivity index (χ4n) is 3.56. The molecule has 0 aliphatic heterocycles. The van der Waals surface area contributed by atoms with Gasteiger partial charge in [0.15, 0.2) is 0 Å². The quantitative estimate of drug-likeness (QED) is 0.399. The zero-order valence-corrected chi connectivity index (χ0v) is 22.7. The van der Waals surface area contributed by atoms with Crippen molar-refractivity contribution in [3.05, 3.63) is 64.1 Å². The molecule has 2 aromatic carbocycles. The van der Waals surface area contributed by atoms with E-state index in [9.17, 15) is 18.0 Å². The minimum Gasteiger partial charge on any atom is -0.354 e. The lowest BCUT2D eigenvalue weighted by atomic mass is 10.1. The lowest BCUT2D eigenvalue weighted by Crippen LogP contribution is -2.52. The molecule has 2 amide bonds. The van der Waals surface area contributed by atoms with Gasteiger partial charge in [0.2, 0.25) is 21.8 Å². The largest absolute Gasteiger partial charge is 0.354 e. The molecule has 1 N–H and O–H groups in total. The molecule has 9 heteroatoms. The van der Waals surface area contributed by atoms with Gasteiger partial charge in [-0.25, -0.2) is 8.42 Å². The first-order valence-corrected chi connectivity index (χ1v) is 14.1. The predicted molar refractivity (Wildman–Crippen MR) is 140 cm³/mol. The van der Waals surface area contributed by atoms with Crippen molar-refractivity contribution in [1.29, 1.82) is 0 Å². The number of nitrogens with one attached hydrogen (secondary N) is 1. The number of rotatable bonds is 12. The Kier molecular flexibility index (Phi) is 10.6. The zero-order valence-electron chi connectivity index (χ0n) is 20.3.